The van der Waals surface area contributed by atoms with Crippen molar-refractivity contribution >= 4 is 0 Å². The lowest BCUT2D eigenvalue weighted by Crippen LogP contribution is -1.97. The molecule has 0 atom stereocenters. The largest absolute Gasteiger partial charge is 0.481 e. The van der Waals surface area contributed by atoms with Crippen LogP contribution in [0.5, 0.6) is 5.88 Å². The highest BCUT2D eigenvalue weighted by Gasteiger charge is 2.00. The van der Waals surface area contributed by atoms with E-state index in [0.717, 1.165) is 12.2 Å². The van der Waals surface area contributed by atoms with Crippen molar-refractivity contribution in [2.24, 2.45) is 0 Å². The van der Waals surface area contributed by atoms with Gasteiger partial charge in [-0.05, 0) is 5.56 Å². The Morgan fingerprint density at radius 2 is 1.93 bits per heavy atom. The van der Waals surface area contributed by atoms with Crippen LogP contribution in [-0.2, 0) is 6.42 Å². The normalized spacial score (nSPS) is 9.93. The van der Waals surface area contributed by atoms with Crippen molar-refractivity contribution in [2.75, 3.05) is 7.11 Å². The molecule has 0 bridgehead atoms. The van der Waals surface area contributed by atoms with Crippen molar-refractivity contribution in [3.05, 3.63) is 54.0 Å². The first-order chi connectivity index (χ1) is 7.38. The number of aromatic nitrogens is 2. The van der Waals surface area contributed by atoms with Gasteiger partial charge in [-0.25, -0.2) is 4.98 Å². The molecule has 1 aromatic heterocycles. The molecule has 0 N–H and O–H groups in total. The molecule has 3 heteroatoms. The van der Waals surface area contributed by atoms with Crippen LogP contribution in [0.4, 0.5) is 0 Å². The smallest absolute Gasteiger partial charge is 0.216 e. The van der Waals surface area contributed by atoms with Gasteiger partial charge < -0.3 is 4.74 Å². The third kappa shape index (κ3) is 2.53. The highest BCUT2D eigenvalue weighted by molar-refractivity contribution is 5.20. The molecule has 0 saturated heterocycles. The molecular formula is C12H12N2O. The third-order valence-corrected chi connectivity index (χ3v) is 2.09. The monoisotopic (exact) mass is 200 g/mol. The van der Waals surface area contributed by atoms with Gasteiger partial charge in [0.25, 0.3) is 0 Å². The van der Waals surface area contributed by atoms with E-state index in [1.54, 1.807) is 19.4 Å². The van der Waals surface area contributed by atoms with Crippen LogP contribution in [-0.4, -0.2) is 17.1 Å². The Morgan fingerprint density at radius 1 is 1.13 bits per heavy atom. The van der Waals surface area contributed by atoms with Crippen LogP contribution >= 0.6 is 0 Å². The summed E-state index contributed by atoms with van der Waals surface area (Å²) in [5.41, 5.74) is 1.20. The molecule has 0 unspecified atom stereocenters. The number of ether oxygens (including phenoxy) is 1. The molecule has 0 aliphatic rings. The van der Waals surface area contributed by atoms with Gasteiger partial charge in [-0.15, -0.1) is 0 Å². The Labute approximate surface area is 88.8 Å². The number of rotatable bonds is 3. The van der Waals surface area contributed by atoms with E-state index in [-0.39, 0.29) is 0 Å². The summed E-state index contributed by atoms with van der Waals surface area (Å²) in [5, 5.41) is 0. The lowest BCUT2D eigenvalue weighted by molar-refractivity contribution is 0.395. The SMILES string of the molecule is COc1ccnc(Cc2ccccc2)n1. The Morgan fingerprint density at radius 3 is 2.67 bits per heavy atom. The van der Waals surface area contributed by atoms with E-state index < -0.39 is 0 Å². The Kier molecular flexibility index (Phi) is 2.93. The minimum absolute atomic E-state index is 0.607. The van der Waals surface area contributed by atoms with Gasteiger partial charge in [0.1, 0.15) is 5.82 Å². The van der Waals surface area contributed by atoms with Gasteiger partial charge in [0.2, 0.25) is 5.88 Å². The first-order valence-electron chi connectivity index (χ1n) is 4.78. The second-order valence-electron chi connectivity index (χ2n) is 3.18. The molecule has 0 spiro atoms. The van der Waals surface area contributed by atoms with Gasteiger partial charge in [0, 0.05) is 18.7 Å². The van der Waals surface area contributed by atoms with Crippen LogP contribution in [0.1, 0.15) is 11.4 Å². The van der Waals surface area contributed by atoms with Crippen LogP contribution in [0.2, 0.25) is 0 Å². The molecule has 3 nitrogen and oxygen atoms in total. The van der Waals surface area contributed by atoms with Gasteiger partial charge in [0.15, 0.2) is 0 Å². The van der Waals surface area contributed by atoms with E-state index >= 15 is 0 Å². The van der Waals surface area contributed by atoms with Gasteiger partial charge in [-0.2, -0.15) is 4.98 Å². The van der Waals surface area contributed by atoms with Crippen LogP contribution < -0.4 is 4.74 Å². The summed E-state index contributed by atoms with van der Waals surface area (Å²) in [6.45, 7) is 0. The molecule has 2 aromatic rings. The highest BCUT2D eigenvalue weighted by Crippen LogP contribution is 2.08. The number of benzene rings is 1. The second-order valence-corrected chi connectivity index (χ2v) is 3.18. The molecular weight excluding hydrogens is 188 g/mol. The molecule has 0 aliphatic heterocycles. The van der Waals surface area contributed by atoms with E-state index in [9.17, 15) is 0 Å². The molecule has 15 heavy (non-hydrogen) atoms. The number of methoxy groups -OCH3 is 1. The van der Waals surface area contributed by atoms with Crippen molar-refractivity contribution in [1.29, 1.82) is 0 Å². The zero-order chi connectivity index (χ0) is 10.5. The fourth-order valence-electron chi connectivity index (χ4n) is 1.36. The number of hydrogen-bond donors (Lipinski definition) is 0. The quantitative estimate of drug-likeness (QED) is 0.760. The zero-order valence-corrected chi connectivity index (χ0v) is 8.55. The van der Waals surface area contributed by atoms with Gasteiger partial charge in [0.05, 0.1) is 7.11 Å². The van der Waals surface area contributed by atoms with Gasteiger partial charge in [-0.1, -0.05) is 30.3 Å². The molecule has 76 valence electrons. The van der Waals surface area contributed by atoms with Crippen LogP contribution in [0.25, 0.3) is 0 Å². The van der Waals surface area contributed by atoms with E-state index in [1.165, 1.54) is 5.56 Å². The zero-order valence-electron chi connectivity index (χ0n) is 8.55. The lowest BCUT2D eigenvalue weighted by Gasteiger charge is -2.02. The molecule has 0 fully saturated rings. The lowest BCUT2D eigenvalue weighted by atomic mass is 10.1. The summed E-state index contributed by atoms with van der Waals surface area (Å²) in [7, 11) is 1.61. The van der Waals surface area contributed by atoms with Crippen molar-refractivity contribution < 1.29 is 4.74 Å². The predicted molar refractivity (Wildman–Crippen MR) is 57.8 cm³/mol. The molecule has 1 aromatic carbocycles. The molecule has 0 radical (unpaired) electrons. The molecule has 0 saturated carbocycles. The predicted octanol–water partition coefficient (Wildman–Crippen LogP) is 2.08. The molecule has 0 amide bonds. The standard InChI is InChI=1S/C12H12N2O/c1-15-12-7-8-13-11(14-12)9-10-5-3-2-4-6-10/h2-8H,9H2,1H3. The maximum absolute atomic E-state index is 5.04. The van der Waals surface area contributed by atoms with E-state index in [2.05, 4.69) is 22.1 Å². The Balaban J connectivity index is 2.17. The Hall–Kier alpha value is -1.90. The van der Waals surface area contributed by atoms with Crippen molar-refractivity contribution in [1.82, 2.24) is 9.97 Å². The average Bonchev–Trinajstić information content (AvgIpc) is 2.31. The summed E-state index contributed by atoms with van der Waals surface area (Å²) in [4.78, 5) is 8.44. The van der Waals surface area contributed by atoms with Crippen molar-refractivity contribution in [3.8, 4) is 5.88 Å². The molecule has 1 heterocycles. The van der Waals surface area contributed by atoms with Crippen LogP contribution in [0.15, 0.2) is 42.6 Å². The third-order valence-electron chi connectivity index (χ3n) is 2.09. The minimum Gasteiger partial charge on any atom is -0.481 e. The maximum Gasteiger partial charge on any atom is 0.216 e. The maximum atomic E-state index is 5.04. The number of nitrogens with zero attached hydrogens (tertiary/aromatic N) is 2. The number of hydrogen-bond acceptors (Lipinski definition) is 3. The van der Waals surface area contributed by atoms with E-state index in [1.807, 2.05) is 18.2 Å². The average molecular weight is 200 g/mol. The van der Waals surface area contributed by atoms with Crippen molar-refractivity contribution in [3.63, 3.8) is 0 Å². The van der Waals surface area contributed by atoms with Crippen LogP contribution in [0.3, 0.4) is 0 Å². The molecule has 0 aliphatic carbocycles. The fraction of sp³-hybridized carbons (Fsp3) is 0.167. The summed E-state index contributed by atoms with van der Waals surface area (Å²) in [6.07, 6.45) is 2.45. The van der Waals surface area contributed by atoms with E-state index in [4.69, 9.17) is 4.74 Å². The van der Waals surface area contributed by atoms with Gasteiger partial charge >= 0.3 is 0 Å². The van der Waals surface area contributed by atoms with Gasteiger partial charge in [-0.3, -0.25) is 0 Å². The van der Waals surface area contributed by atoms with E-state index in [0.29, 0.717) is 5.88 Å². The second kappa shape index (κ2) is 4.55. The topological polar surface area (TPSA) is 35.0 Å². The summed E-state index contributed by atoms with van der Waals surface area (Å²) >= 11 is 0. The summed E-state index contributed by atoms with van der Waals surface area (Å²) < 4.78 is 5.04. The first kappa shape index (κ1) is 9.65. The van der Waals surface area contributed by atoms with Crippen molar-refractivity contribution in [2.45, 2.75) is 6.42 Å². The first-order valence-corrected chi connectivity index (χ1v) is 4.78. The minimum atomic E-state index is 0.607. The van der Waals surface area contributed by atoms with Crippen LogP contribution in [0, 0.1) is 0 Å². The Bertz CT molecular complexity index is 429. The fourth-order valence-corrected chi connectivity index (χ4v) is 1.36. The summed E-state index contributed by atoms with van der Waals surface area (Å²) in [6, 6.07) is 11.9. The summed E-state index contributed by atoms with van der Waals surface area (Å²) in [5.74, 6) is 1.39. The molecule has 2 rings (SSSR count). The highest BCUT2D eigenvalue weighted by atomic mass is 16.5.